The van der Waals surface area contributed by atoms with Crippen LogP contribution in [0, 0.1) is 6.92 Å². The van der Waals surface area contributed by atoms with E-state index in [2.05, 4.69) is 60.0 Å². The minimum absolute atomic E-state index is 0.176. The van der Waals surface area contributed by atoms with Crippen molar-refractivity contribution in [1.82, 2.24) is 0 Å². The maximum Gasteiger partial charge on any atom is 0.163 e. The quantitative estimate of drug-likeness (QED) is 0.511. The van der Waals surface area contributed by atoms with E-state index in [0.717, 1.165) is 40.4 Å². The molecule has 0 amide bonds. The maximum absolute atomic E-state index is 13.6. The van der Waals surface area contributed by atoms with Gasteiger partial charge in [-0.2, -0.15) is 0 Å². The van der Waals surface area contributed by atoms with Gasteiger partial charge in [-0.15, -0.1) is 0 Å². The first-order valence-electron chi connectivity index (χ1n) is 11.3. The predicted molar refractivity (Wildman–Crippen MR) is 129 cm³/mol. The van der Waals surface area contributed by atoms with Crippen LogP contribution in [0.2, 0.25) is 0 Å². The van der Waals surface area contributed by atoms with Gasteiger partial charge in [-0.05, 0) is 61.6 Å². The molecule has 4 nitrogen and oxygen atoms in total. The van der Waals surface area contributed by atoms with Crippen molar-refractivity contribution in [1.29, 1.82) is 0 Å². The summed E-state index contributed by atoms with van der Waals surface area (Å²) in [6.45, 7) is 4.68. The molecule has 3 aromatic rings. The van der Waals surface area contributed by atoms with Crippen molar-refractivity contribution in [3.05, 3.63) is 101 Å². The molecule has 0 saturated carbocycles. The summed E-state index contributed by atoms with van der Waals surface area (Å²) in [5.74, 6) is 1.19. The number of aryl methyl sites for hydroxylation is 1. The fourth-order valence-electron chi connectivity index (χ4n) is 4.77. The molecule has 0 spiro atoms. The van der Waals surface area contributed by atoms with Gasteiger partial charge < -0.3 is 15.4 Å². The van der Waals surface area contributed by atoms with Crippen molar-refractivity contribution in [2.45, 2.75) is 38.6 Å². The first-order chi connectivity index (χ1) is 15.6. The largest absolute Gasteiger partial charge is 0.494 e. The zero-order valence-corrected chi connectivity index (χ0v) is 18.5. The highest BCUT2D eigenvalue weighted by molar-refractivity contribution is 6.01. The fraction of sp³-hybridized carbons (Fsp3) is 0.250. The van der Waals surface area contributed by atoms with Crippen molar-refractivity contribution in [3.63, 3.8) is 0 Å². The molecule has 2 aliphatic rings. The average molecular weight is 425 g/mol. The molecule has 0 bridgehead atoms. The number of carbonyl (C=O) groups is 1. The number of hydrogen-bond donors (Lipinski definition) is 2. The Labute approximate surface area is 189 Å². The Morgan fingerprint density at radius 3 is 2.47 bits per heavy atom. The minimum Gasteiger partial charge on any atom is -0.494 e. The van der Waals surface area contributed by atoms with E-state index in [4.69, 9.17) is 4.74 Å². The molecule has 0 radical (unpaired) electrons. The van der Waals surface area contributed by atoms with Crippen LogP contribution >= 0.6 is 0 Å². The molecule has 0 fully saturated rings. The zero-order valence-electron chi connectivity index (χ0n) is 18.5. The van der Waals surface area contributed by atoms with Crippen LogP contribution in [0.3, 0.4) is 0 Å². The van der Waals surface area contributed by atoms with E-state index in [-0.39, 0.29) is 17.7 Å². The third-order valence-electron chi connectivity index (χ3n) is 6.36. The van der Waals surface area contributed by atoms with Crippen molar-refractivity contribution in [3.8, 4) is 5.75 Å². The van der Waals surface area contributed by atoms with Gasteiger partial charge in [-0.3, -0.25) is 4.79 Å². The number of ketones is 1. The Balaban J connectivity index is 1.59. The topological polar surface area (TPSA) is 50.4 Å². The number of ether oxygens (including phenoxy) is 1. The van der Waals surface area contributed by atoms with E-state index < -0.39 is 0 Å². The number of hydrogen-bond acceptors (Lipinski definition) is 4. The van der Waals surface area contributed by atoms with Crippen LogP contribution < -0.4 is 15.4 Å². The Bertz CT molecular complexity index is 1180. The Morgan fingerprint density at radius 1 is 0.906 bits per heavy atom. The molecule has 162 valence electrons. The van der Waals surface area contributed by atoms with Gasteiger partial charge in [-0.1, -0.05) is 54.1 Å². The summed E-state index contributed by atoms with van der Waals surface area (Å²) < 4.78 is 5.74. The minimum atomic E-state index is -0.229. The summed E-state index contributed by atoms with van der Waals surface area (Å²) in [5.41, 5.74) is 7.32. The number of para-hydroxylation sites is 2. The van der Waals surface area contributed by atoms with E-state index in [1.54, 1.807) is 0 Å². The molecule has 1 aliphatic carbocycles. The highest BCUT2D eigenvalue weighted by atomic mass is 16.5. The van der Waals surface area contributed by atoms with Crippen LogP contribution in [0.5, 0.6) is 5.75 Å². The molecule has 4 heteroatoms. The number of fused-ring (bicyclic) bond motifs is 1. The van der Waals surface area contributed by atoms with Crippen LogP contribution in [-0.4, -0.2) is 12.4 Å². The second-order valence-corrected chi connectivity index (χ2v) is 8.58. The third-order valence-corrected chi connectivity index (χ3v) is 6.36. The van der Waals surface area contributed by atoms with Crippen LogP contribution in [0.4, 0.5) is 11.4 Å². The number of benzene rings is 3. The standard InChI is InChI=1S/C28H28N2O2/c1-3-32-22-8-6-7-20(15-22)28-27-25(29-23-9-4-5-10-24(23)30-28)16-21(17-26(27)31)19-13-11-18(2)12-14-19/h4-15,21,28-30H,3,16-17H2,1-2H3/t21-,28+/m1/s1. The van der Waals surface area contributed by atoms with Crippen molar-refractivity contribution in [2.24, 2.45) is 0 Å². The fourth-order valence-corrected chi connectivity index (χ4v) is 4.77. The van der Waals surface area contributed by atoms with E-state index in [1.165, 1.54) is 11.1 Å². The normalized spacial score (nSPS) is 19.9. The molecule has 0 saturated heterocycles. The number of anilines is 2. The molecule has 3 aromatic carbocycles. The third kappa shape index (κ3) is 3.89. The molecular formula is C28H28N2O2. The number of Topliss-reactive ketones (excluding diaryl/α,β-unsaturated/α-hetero) is 1. The van der Waals surface area contributed by atoms with Crippen molar-refractivity contribution in [2.75, 3.05) is 17.2 Å². The Kier molecular flexibility index (Phi) is 5.44. The van der Waals surface area contributed by atoms with Crippen LogP contribution in [0.15, 0.2) is 84.1 Å². The van der Waals surface area contributed by atoms with Crippen molar-refractivity contribution < 1.29 is 9.53 Å². The average Bonchev–Trinajstić information content (AvgIpc) is 2.97. The highest BCUT2D eigenvalue weighted by Crippen LogP contribution is 2.44. The monoisotopic (exact) mass is 424 g/mol. The van der Waals surface area contributed by atoms with Crippen LogP contribution in [-0.2, 0) is 4.79 Å². The molecule has 2 N–H and O–H groups in total. The summed E-state index contributed by atoms with van der Waals surface area (Å²) in [7, 11) is 0. The van der Waals surface area contributed by atoms with E-state index in [1.807, 2.05) is 37.3 Å². The van der Waals surface area contributed by atoms with E-state index in [9.17, 15) is 4.79 Å². The number of rotatable bonds is 4. The second-order valence-electron chi connectivity index (χ2n) is 8.58. The summed E-state index contributed by atoms with van der Waals surface area (Å²) >= 11 is 0. The lowest BCUT2D eigenvalue weighted by atomic mass is 9.78. The van der Waals surface area contributed by atoms with E-state index >= 15 is 0 Å². The van der Waals surface area contributed by atoms with Crippen LogP contribution in [0.1, 0.15) is 48.4 Å². The second kappa shape index (κ2) is 8.54. The van der Waals surface area contributed by atoms with Crippen LogP contribution in [0.25, 0.3) is 0 Å². The number of carbonyl (C=O) groups excluding carboxylic acids is 1. The summed E-state index contributed by atoms with van der Waals surface area (Å²) in [4.78, 5) is 13.6. The van der Waals surface area contributed by atoms with Gasteiger partial charge in [0, 0.05) is 17.7 Å². The SMILES string of the molecule is CCOc1cccc([C@@H]2Nc3ccccc3NC3=C2C(=O)C[C@H](c2ccc(C)cc2)C3)c1. The summed E-state index contributed by atoms with van der Waals surface area (Å²) in [6.07, 6.45) is 1.32. The summed E-state index contributed by atoms with van der Waals surface area (Å²) in [5, 5.41) is 7.25. The maximum atomic E-state index is 13.6. The molecule has 2 atom stereocenters. The Morgan fingerprint density at radius 2 is 1.69 bits per heavy atom. The molecule has 1 heterocycles. The molecular weight excluding hydrogens is 396 g/mol. The number of allylic oxidation sites excluding steroid dienone is 1. The van der Waals surface area contributed by atoms with Gasteiger partial charge in [0.15, 0.2) is 5.78 Å². The van der Waals surface area contributed by atoms with Gasteiger partial charge in [0.2, 0.25) is 0 Å². The van der Waals surface area contributed by atoms with Gasteiger partial charge in [0.25, 0.3) is 0 Å². The lowest BCUT2D eigenvalue weighted by Gasteiger charge is -2.30. The lowest BCUT2D eigenvalue weighted by molar-refractivity contribution is -0.116. The first kappa shape index (κ1) is 20.4. The Hall–Kier alpha value is -3.53. The molecule has 0 unspecified atom stereocenters. The smallest absolute Gasteiger partial charge is 0.163 e. The zero-order chi connectivity index (χ0) is 22.1. The molecule has 0 aromatic heterocycles. The molecule has 32 heavy (non-hydrogen) atoms. The summed E-state index contributed by atoms with van der Waals surface area (Å²) in [6, 6.07) is 24.6. The number of nitrogens with one attached hydrogen (secondary N) is 2. The molecule has 5 rings (SSSR count). The first-order valence-corrected chi connectivity index (χ1v) is 11.3. The van der Waals surface area contributed by atoms with E-state index in [0.29, 0.717) is 13.0 Å². The van der Waals surface area contributed by atoms with Gasteiger partial charge >= 0.3 is 0 Å². The van der Waals surface area contributed by atoms with Crippen molar-refractivity contribution >= 4 is 17.2 Å². The van der Waals surface area contributed by atoms with Gasteiger partial charge in [0.1, 0.15) is 5.75 Å². The van der Waals surface area contributed by atoms with Gasteiger partial charge in [0.05, 0.1) is 24.0 Å². The molecule has 1 aliphatic heterocycles. The van der Waals surface area contributed by atoms with Gasteiger partial charge in [-0.25, -0.2) is 0 Å². The predicted octanol–water partition coefficient (Wildman–Crippen LogP) is 6.37. The highest BCUT2D eigenvalue weighted by Gasteiger charge is 2.36. The lowest BCUT2D eigenvalue weighted by Crippen LogP contribution is -2.26.